The number of benzene rings is 1. The predicted octanol–water partition coefficient (Wildman–Crippen LogP) is 2.84. The molecule has 19 heavy (non-hydrogen) atoms. The average molecular weight is 282 g/mol. The zero-order chi connectivity index (χ0) is 14.0. The van der Waals surface area contributed by atoms with Crippen molar-refractivity contribution in [3.63, 3.8) is 0 Å². The molecule has 100 valence electrons. The van der Waals surface area contributed by atoms with Gasteiger partial charge in [-0.05, 0) is 13.0 Å². The number of anilines is 1. The highest BCUT2D eigenvalue weighted by Gasteiger charge is 2.19. The highest BCUT2D eigenvalue weighted by Crippen LogP contribution is 2.32. The minimum Gasteiger partial charge on any atom is -0.481 e. The number of alkyl halides is 1. The molecule has 0 radical (unpaired) electrons. The number of para-hydroxylation sites is 1. The molecule has 0 amide bonds. The Bertz CT molecular complexity index is 606. The highest BCUT2D eigenvalue weighted by atomic mass is 35.5. The summed E-state index contributed by atoms with van der Waals surface area (Å²) in [4.78, 5) is 8.38. The molecule has 2 N–H and O–H groups in total. The van der Waals surface area contributed by atoms with Crippen molar-refractivity contribution < 1.29 is 9.13 Å². The van der Waals surface area contributed by atoms with Crippen LogP contribution in [0.4, 0.5) is 10.1 Å². The maximum Gasteiger partial charge on any atom is 0.216 e. The molecule has 0 spiro atoms. The number of halogens is 2. The zero-order valence-corrected chi connectivity index (χ0v) is 11.3. The lowest BCUT2D eigenvalue weighted by Crippen LogP contribution is -2.06. The Labute approximate surface area is 115 Å². The molecule has 1 aromatic carbocycles. The van der Waals surface area contributed by atoms with Crippen molar-refractivity contribution in [3.8, 4) is 5.88 Å². The first-order valence-corrected chi connectivity index (χ1v) is 6.04. The molecule has 0 saturated carbocycles. The summed E-state index contributed by atoms with van der Waals surface area (Å²) in [7, 11) is 1.51. The van der Waals surface area contributed by atoms with E-state index in [9.17, 15) is 4.39 Å². The van der Waals surface area contributed by atoms with Crippen LogP contribution in [0.15, 0.2) is 24.3 Å². The monoisotopic (exact) mass is 281 g/mol. The van der Waals surface area contributed by atoms with Gasteiger partial charge in [-0.1, -0.05) is 12.1 Å². The van der Waals surface area contributed by atoms with Crippen molar-refractivity contribution in [2.75, 3.05) is 12.8 Å². The van der Waals surface area contributed by atoms with Gasteiger partial charge in [0, 0.05) is 17.3 Å². The molecule has 1 aromatic heterocycles. The van der Waals surface area contributed by atoms with Gasteiger partial charge in [0.2, 0.25) is 5.88 Å². The Balaban J connectivity index is 2.46. The van der Waals surface area contributed by atoms with E-state index in [4.69, 9.17) is 22.1 Å². The molecule has 1 atom stereocenters. The molecular formula is C13H13ClFN3O. The van der Waals surface area contributed by atoms with E-state index in [2.05, 4.69) is 9.97 Å². The normalized spacial score (nSPS) is 12.2. The van der Waals surface area contributed by atoms with E-state index in [0.717, 1.165) is 0 Å². The second-order valence-electron chi connectivity index (χ2n) is 4.02. The van der Waals surface area contributed by atoms with Gasteiger partial charge in [-0.2, -0.15) is 4.98 Å². The highest BCUT2D eigenvalue weighted by molar-refractivity contribution is 6.22. The molecule has 0 aliphatic rings. The van der Waals surface area contributed by atoms with Gasteiger partial charge in [0.1, 0.15) is 11.2 Å². The molecule has 1 unspecified atom stereocenters. The van der Waals surface area contributed by atoms with E-state index in [1.54, 1.807) is 25.1 Å². The second-order valence-corrected chi connectivity index (χ2v) is 4.45. The number of nitrogens with zero attached hydrogens (tertiary/aromatic N) is 2. The number of nitrogen functional groups attached to an aromatic ring is 1. The van der Waals surface area contributed by atoms with Crippen molar-refractivity contribution in [3.05, 3.63) is 47.2 Å². The topological polar surface area (TPSA) is 61.0 Å². The molecular weight excluding hydrogens is 269 g/mol. The smallest absolute Gasteiger partial charge is 0.216 e. The fraction of sp³-hybridized carbons (Fsp3) is 0.231. The summed E-state index contributed by atoms with van der Waals surface area (Å²) in [6, 6.07) is 6.15. The van der Waals surface area contributed by atoms with Gasteiger partial charge in [0.05, 0.1) is 12.8 Å². The Morgan fingerprint density at radius 1 is 1.37 bits per heavy atom. The number of hydrogen-bond donors (Lipinski definition) is 1. The maximum absolute atomic E-state index is 13.4. The van der Waals surface area contributed by atoms with E-state index in [0.29, 0.717) is 23.0 Å². The summed E-state index contributed by atoms with van der Waals surface area (Å²) in [5, 5.41) is -0.732. The number of aryl methyl sites for hydroxylation is 1. The van der Waals surface area contributed by atoms with Gasteiger partial charge in [-0.15, -0.1) is 11.6 Å². The van der Waals surface area contributed by atoms with Crippen molar-refractivity contribution >= 4 is 17.3 Å². The molecule has 0 saturated heterocycles. The van der Waals surface area contributed by atoms with Crippen molar-refractivity contribution in [2.24, 2.45) is 0 Å². The van der Waals surface area contributed by atoms with Crippen LogP contribution in [0, 0.1) is 12.7 Å². The fourth-order valence-corrected chi connectivity index (χ4v) is 1.98. The maximum atomic E-state index is 13.4. The van der Waals surface area contributed by atoms with Crippen molar-refractivity contribution in [1.29, 1.82) is 0 Å². The summed E-state index contributed by atoms with van der Waals surface area (Å²) >= 11 is 6.28. The standard InChI is InChI=1S/C13H13ClFN3O/c1-7-6-10(19-2)18-13(17-7)11(14)8-4-3-5-9(15)12(8)16/h3-6,11H,16H2,1-2H3. The number of methoxy groups -OCH3 is 1. The third-order valence-corrected chi connectivity index (χ3v) is 3.07. The number of aromatic nitrogens is 2. The van der Waals surface area contributed by atoms with Gasteiger partial charge >= 0.3 is 0 Å². The Morgan fingerprint density at radius 2 is 2.11 bits per heavy atom. The van der Waals surface area contributed by atoms with E-state index in [-0.39, 0.29) is 5.69 Å². The van der Waals surface area contributed by atoms with Gasteiger partial charge in [-0.3, -0.25) is 0 Å². The first kappa shape index (κ1) is 13.5. The molecule has 1 heterocycles. The Morgan fingerprint density at radius 3 is 2.79 bits per heavy atom. The molecule has 0 aliphatic heterocycles. The van der Waals surface area contributed by atoms with Crippen LogP contribution in [0.3, 0.4) is 0 Å². The van der Waals surface area contributed by atoms with Crippen LogP contribution in [-0.2, 0) is 0 Å². The van der Waals surface area contributed by atoms with Gasteiger partial charge in [-0.25, -0.2) is 9.37 Å². The third-order valence-electron chi connectivity index (χ3n) is 2.64. The minimum absolute atomic E-state index is 0.00609. The molecule has 6 heteroatoms. The van der Waals surface area contributed by atoms with E-state index >= 15 is 0 Å². The number of hydrogen-bond acceptors (Lipinski definition) is 4. The van der Waals surface area contributed by atoms with Gasteiger partial charge in [0.15, 0.2) is 5.82 Å². The van der Waals surface area contributed by atoms with Crippen molar-refractivity contribution in [2.45, 2.75) is 12.3 Å². The first-order chi connectivity index (χ1) is 9.02. The molecule has 2 aromatic rings. The van der Waals surface area contributed by atoms with Crippen LogP contribution in [0.1, 0.15) is 22.5 Å². The number of nitrogens with two attached hydrogens (primary N) is 1. The first-order valence-electron chi connectivity index (χ1n) is 5.60. The van der Waals surface area contributed by atoms with Crippen LogP contribution in [0.25, 0.3) is 0 Å². The summed E-state index contributed by atoms with van der Waals surface area (Å²) in [5.41, 5.74) is 6.84. The molecule has 2 rings (SSSR count). The van der Waals surface area contributed by atoms with Crippen LogP contribution in [0.2, 0.25) is 0 Å². The number of rotatable bonds is 3. The SMILES string of the molecule is COc1cc(C)nc(C(Cl)c2cccc(F)c2N)n1. The van der Waals surface area contributed by atoms with E-state index in [1.165, 1.54) is 13.2 Å². The summed E-state index contributed by atoms with van der Waals surface area (Å²) in [6.45, 7) is 1.80. The molecule has 0 aliphatic carbocycles. The van der Waals surface area contributed by atoms with Crippen LogP contribution < -0.4 is 10.5 Å². The molecule has 0 fully saturated rings. The van der Waals surface area contributed by atoms with E-state index in [1.807, 2.05) is 0 Å². The van der Waals surface area contributed by atoms with Gasteiger partial charge < -0.3 is 10.5 Å². The lowest BCUT2D eigenvalue weighted by Gasteiger charge is -2.13. The Kier molecular flexibility index (Phi) is 3.85. The van der Waals surface area contributed by atoms with Crippen LogP contribution in [-0.4, -0.2) is 17.1 Å². The summed E-state index contributed by atoms with van der Waals surface area (Å²) in [6.07, 6.45) is 0. The van der Waals surface area contributed by atoms with Gasteiger partial charge in [0.25, 0.3) is 0 Å². The number of ether oxygens (including phenoxy) is 1. The zero-order valence-electron chi connectivity index (χ0n) is 10.5. The Hall–Kier alpha value is -1.88. The summed E-state index contributed by atoms with van der Waals surface area (Å²) < 4.78 is 18.5. The van der Waals surface area contributed by atoms with Crippen LogP contribution >= 0.6 is 11.6 Å². The van der Waals surface area contributed by atoms with Crippen molar-refractivity contribution in [1.82, 2.24) is 9.97 Å². The largest absolute Gasteiger partial charge is 0.481 e. The average Bonchev–Trinajstić information content (AvgIpc) is 2.40. The lowest BCUT2D eigenvalue weighted by atomic mass is 10.1. The minimum atomic E-state index is -0.732. The predicted molar refractivity (Wildman–Crippen MR) is 71.8 cm³/mol. The fourth-order valence-electron chi connectivity index (χ4n) is 1.69. The molecule has 4 nitrogen and oxygen atoms in total. The van der Waals surface area contributed by atoms with E-state index < -0.39 is 11.2 Å². The van der Waals surface area contributed by atoms with Crippen LogP contribution in [0.5, 0.6) is 5.88 Å². The summed E-state index contributed by atoms with van der Waals surface area (Å²) in [5.74, 6) is 0.224. The molecule has 0 bridgehead atoms. The second kappa shape index (κ2) is 5.40. The lowest BCUT2D eigenvalue weighted by molar-refractivity contribution is 0.394. The third kappa shape index (κ3) is 2.76. The quantitative estimate of drug-likeness (QED) is 0.694.